The molecule has 21 heavy (non-hydrogen) atoms. The fraction of sp³-hybridized carbons (Fsp3) is 0.444. The second-order valence-corrected chi connectivity index (χ2v) is 6.44. The van der Waals surface area contributed by atoms with E-state index >= 15 is 0 Å². The van der Waals surface area contributed by atoms with Crippen LogP contribution < -0.4 is 10.1 Å². The van der Waals surface area contributed by atoms with Crippen LogP contribution in [-0.4, -0.2) is 7.05 Å². The fourth-order valence-corrected chi connectivity index (χ4v) is 2.34. The van der Waals surface area contributed by atoms with Crippen molar-refractivity contribution in [2.75, 3.05) is 7.05 Å². The topological polar surface area (TPSA) is 34.4 Å². The Hall–Kier alpha value is -1.74. The molecule has 0 aliphatic heterocycles. The van der Waals surface area contributed by atoms with E-state index < -0.39 is 0 Å². The van der Waals surface area contributed by atoms with Crippen LogP contribution in [0, 0.1) is 6.92 Å². The van der Waals surface area contributed by atoms with Crippen LogP contribution in [0.25, 0.3) is 0 Å². The minimum absolute atomic E-state index is 0.0627. The molecule has 0 amide bonds. The first kappa shape index (κ1) is 15.6. The molecule has 2 aromatic rings. The maximum atomic E-state index is 6.09. The van der Waals surface area contributed by atoms with Crippen molar-refractivity contribution in [3.63, 3.8) is 0 Å². The molecule has 0 saturated carbocycles. The molecule has 0 unspecified atom stereocenters. The van der Waals surface area contributed by atoms with E-state index in [1.165, 1.54) is 11.1 Å². The monoisotopic (exact) mass is 287 g/mol. The summed E-state index contributed by atoms with van der Waals surface area (Å²) < 4.78 is 11.6. The first-order valence-electron chi connectivity index (χ1n) is 7.35. The highest BCUT2D eigenvalue weighted by molar-refractivity contribution is 5.41. The molecule has 0 radical (unpaired) electrons. The number of hydrogen-bond acceptors (Lipinski definition) is 3. The zero-order valence-electron chi connectivity index (χ0n) is 13.6. The van der Waals surface area contributed by atoms with Crippen LogP contribution in [0.5, 0.6) is 5.75 Å². The van der Waals surface area contributed by atoms with Crippen molar-refractivity contribution in [1.82, 2.24) is 5.32 Å². The molecule has 0 spiro atoms. The maximum absolute atomic E-state index is 6.09. The Kier molecular flexibility index (Phi) is 4.73. The molecular weight excluding hydrogens is 262 g/mol. The summed E-state index contributed by atoms with van der Waals surface area (Å²) in [5.41, 5.74) is 3.59. The zero-order valence-corrected chi connectivity index (χ0v) is 13.6. The zero-order chi connectivity index (χ0) is 15.5. The van der Waals surface area contributed by atoms with Crippen LogP contribution in [-0.2, 0) is 18.6 Å². The third-order valence-electron chi connectivity index (χ3n) is 3.50. The average Bonchev–Trinajstić information content (AvgIpc) is 2.83. The summed E-state index contributed by atoms with van der Waals surface area (Å²) in [6.07, 6.45) is 1.71. The van der Waals surface area contributed by atoms with Crippen LogP contribution in [0.3, 0.4) is 0 Å². The van der Waals surface area contributed by atoms with Gasteiger partial charge in [-0.2, -0.15) is 0 Å². The fourth-order valence-electron chi connectivity index (χ4n) is 2.34. The molecule has 1 N–H and O–H groups in total. The molecule has 0 fully saturated rings. The van der Waals surface area contributed by atoms with Gasteiger partial charge in [0.1, 0.15) is 18.1 Å². The summed E-state index contributed by atoms with van der Waals surface area (Å²) in [6.45, 7) is 9.94. The summed E-state index contributed by atoms with van der Waals surface area (Å²) in [6, 6.07) is 8.38. The lowest BCUT2D eigenvalue weighted by Crippen LogP contribution is -2.14. The third kappa shape index (κ3) is 3.88. The van der Waals surface area contributed by atoms with Gasteiger partial charge in [0.25, 0.3) is 0 Å². The second kappa shape index (κ2) is 6.35. The Morgan fingerprint density at radius 1 is 1.19 bits per heavy atom. The SMILES string of the molecule is CNCc1occc1COc1cc(C)ccc1C(C)(C)C. The number of ether oxygens (including phenoxy) is 1. The van der Waals surface area contributed by atoms with Gasteiger partial charge in [0, 0.05) is 5.56 Å². The maximum Gasteiger partial charge on any atom is 0.124 e. The standard InChI is InChI=1S/C18H25NO2/c1-13-6-7-15(18(2,3)4)16(10-13)21-12-14-8-9-20-17(14)11-19-5/h6-10,19H,11-12H2,1-5H3. The predicted molar refractivity (Wildman–Crippen MR) is 85.7 cm³/mol. The summed E-state index contributed by atoms with van der Waals surface area (Å²) in [4.78, 5) is 0. The van der Waals surface area contributed by atoms with Crippen molar-refractivity contribution in [3.8, 4) is 5.75 Å². The van der Waals surface area contributed by atoms with Crippen LogP contribution in [0.15, 0.2) is 34.9 Å². The van der Waals surface area contributed by atoms with E-state index in [1.807, 2.05) is 13.1 Å². The van der Waals surface area contributed by atoms with E-state index in [4.69, 9.17) is 9.15 Å². The quantitative estimate of drug-likeness (QED) is 0.895. The predicted octanol–water partition coefficient (Wildman–Crippen LogP) is 4.18. The van der Waals surface area contributed by atoms with E-state index in [-0.39, 0.29) is 5.41 Å². The lowest BCUT2D eigenvalue weighted by molar-refractivity contribution is 0.293. The van der Waals surface area contributed by atoms with Gasteiger partial charge in [0.05, 0.1) is 12.8 Å². The normalized spacial score (nSPS) is 11.7. The molecule has 3 nitrogen and oxygen atoms in total. The molecule has 0 aliphatic rings. The van der Waals surface area contributed by atoms with E-state index in [0.29, 0.717) is 13.2 Å². The molecule has 0 saturated heterocycles. The molecule has 0 bridgehead atoms. The van der Waals surface area contributed by atoms with Crippen LogP contribution >= 0.6 is 0 Å². The Bertz CT molecular complexity index is 594. The van der Waals surface area contributed by atoms with E-state index in [1.54, 1.807) is 6.26 Å². The van der Waals surface area contributed by atoms with Crippen molar-refractivity contribution in [3.05, 3.63) is 53.0 Å². The highest BCUT2D eigenvalue weighted by Gasteiger charge is 2.19. The lowest BCUT2D eigenvalue weighted by Gasteiger charge is -2.23. The van der Waals surface area contributed by atoms with Crippen LogP contribution in [0.2, 0.25) is 0 Å². The van der Waals surface area contributed by atoms with Gasteiger partial charge in [-0.05, 0) is 42.6 Å². The first-order chi connectivity index (χ1) is 9.91. The number of nitrogens with one attached hydrogen (secondary N) is 1. The number of aryl methyl sites for hydroxylation is 1. The van der Waals surface area contributed by atoms with Gasteiger partial charge in [-0.3, -0.25) is 0 Å². The van der Waals surface area contributed by atoms with Crippen LogP contribution in [0.4, 0.5) is 0 Å². The Balaban J connectivity index is 2.19. The van der Waals surface area contributed by atoms with Gasteiger partial charge in [-0.15, -0.1) is 0 Å². The van der Waals surface area contributed by atoms with E-state index in [2.05, 4.69) is 51.2 Å². The summed E-state index contributed by atoms with van der Waals surface area (Å²) in [5.74, 6) is 1.89. The molecule has 1 aromatic heterocycles. The highest BCUT2D eigenvalue weighted by Crippen LogP contribution is 2.32. The van der Waals surface area contributed by atoms with Gasteiger partial charge in [0.2, 0.25) is 0 Å². The number of hydrogen-bond donors (Lipinski definition) is 1. The molecule has 1 heterocycles. The van der Waals surface area contributed by atoms with Gasteiger partial charge < -0.3 is 14.5 Å². The van der Waals surface area contributed by atoms with Gasteiger partial charge >= 0.3 is 0 Å². The molecular formula is C18H25NO2. The molecule has 2 rings (SSSR count). The average molecular weight is 287 g/mol. The number of benzene rings is 1. The van der Waals surface area contributed by atoms with Crippen molar-refractivity contribution < 1.29 is 9.15 Å². The molecule has 114 valence electrons. The summed E-state index contributed by atoms with van der Waals surface area (Å²) >= 11 is 0. The molecule has 3 heteroatoms. The lowest BCUT2D eigenvalue weighted by atomic mass is 9.86. The second-order valence-electron chi connectivity index (χ2n) is 6.44. The Labute approximate surface area is 127 Å². The number of rotatable bonds is 5. The van der Waals surface area contributed by atoms with Crippen molar-refractivity contribution in [2.24, 2.45) is 0 Å². The minimum Gasteiger partial charge on any atom is -0.488 e. The smallest absolute Gasteiger partial charge is 0.124 e. The van der Waals surface area contributed by atoms with Gasteiger partial charge in [0.15, 0.2) is 0 Å². The van der Waals surface area contributed by atoms with Crippen molar-refractivity contribution in [2.45, 2.75) is 46.3 Å². The minimum atomic E-state index is 0.0627. The van der Waals surface area contributed by atoms with Crippen molar-refractivity contribution in [1.29, 1.82) is 0 Å². The van der Waals surface area contributed by atoms with Crippen LogP contribution in [0.1, 0.15) is 43.2 Å². The largest absolute Gasteiger partial charge is 0.488 e. The molecule has 1 aromatic carbocycles. The van der Waals surface area contributed by atoms with E-state index in [0.717, 1.165) is 17.1 Å². The summed E-state index contributed by atoms with van der Waals surface area (Å²) in [7, 11) is 1.91. The first-order valence-corrected chi connectivity index (χ1v) is 7.35. The number of furan rings is 1. The summed E-state index contributed by atoms with van der Waals surface area (Å²) in [5, 5.41) is 3.10. The molecule has 0 atom stereocenters. The third-order valence-corrected chi connectivity index (χ3v) is 3.50. The Morgan fingerprint density at radius 2 is 1.95 bits per heavy atom. The molecule has 0 aliphatic carbocycles. The van der Waals surface area contributed by atoms with Crippen molar-refractivity contribution >= 4 is 0 Å². The highest BCUT2D eigenvalue weighted by atomic mass is 16.5. The van der Waals surface area contributed by atoms with E-state index in [9.17, 15) is 0 Å². The van der Waals surface area contributed by atoms with Gasteiger partial charge in [-0.1, -0.05) is 32.9 Å². The Morgan fingerprint density at radius 3 is 2.62 bits per heavy atom. The van der Waals surface area contributed by atoms with Gasteiger partial charge in [-0.25, -0.2) is 0 Å².